The molecule has 0 fully saturated rings. The molecule has 170 valence electrons. The predicted octanol–water partition coefficient (Wildman–Crippen LogP) is 3.08. The van der Waals surface area contributed by atoms with E-state index in [9.17, 15) is 4.79 Å². The molecule has 1 unspecified atom stereocenters. The quantitative estimate of drug-likeness (QED) is 0.372. The van der Waals surface area contributed by atoms with Crippen LogP contribution < -0.4 is 15.5 Å². The number of aromatic amines is 1. The molecule has 0 aliphatic carbocycles. The van der Waals surface area contributed by atoms with E-state index in [0.717, 1.165) is 40.9 Å². The number of aromatic nitrogens is 7. The van der Waals surface area contributed by atoms with Crippen LogP contribution in [-0.4, -0.2) is 54.3 Å². The number of carbonyl (C=O) groups excluding carboxylic acids is 1. The number of urea groups is 1. The number of fused-ring (bicyclic) bond motifs is 3. The van der Waals surface area contributed by atoms with Gasteiger partial charge < -0.3 is 15.5 Å². The lowest BCUT2D eigenvalue weighted by molar-refractivity contribution is 0.252. The summed E-state index contributed by atoms with van der Waals surface area (Å²) in [5.41, 5.74) is 5.40. The minimum Gasteiger partial charge on any atom is -0.338 e. The third-order valence-electron chi connectivity index (χ3n) is 6.20. The molecule has 4 heterocycles. The Kier molecular flexibility index (Phi) is 4.79. The Bertz CT molecular complexity index is 1510. The monoisotopic (exact) mass is 454 g/mol. The van der Waals surface area contributed by atoms with Crippen molar-refractivity contribution in [3.05, 3.63) is 60.6 Å². The normalized spacial score (nSPS) is 15.1. The van der Waals surface area contributed by atoms with Crippen LogP contribution in [0.3, 0.4) is 0 Å². The third kappa shape index (κ3) is 3.47. The maximum absolute atomic E-state index is 12.5. The van der Waals surface area contributed by atoms with E-state index in [0.29, 0.717) is 17.9 Å². The SMILES string of the molecule is Cn1nnc2cc(NC(=O)NCCC3CN(c4ncnc5[nH]ncc45)c4ccccc43)ccc21. The Morgan fingerprint density at radius 1 is 1.21 bits per heavy atom. The molecule has 0 saturated carbocycles. The predicted molar refractivity (Wildman–Crippen MR) is 128 cm³/mol. The van der Waals surface area contributed by atoms with E-state index in [-0.39, 0.29) is 11.9 Å². The van der Waals surface area contributed by atoms with Gasteiger partial charge in [-0.15, -0.1) is 5.10 Å². The van der Waals surface area contributed by atoms with Gasteiger partial charge in [0.1, 0.15) is 17.7 Å². The van der Waals surface area contributed by atoms with E-state index in [1.807, 2.05) is 37.4 Å². The molecule has 34 heavy (non-hydrogen) atoms. The van der Waals surface area contributed by atoms with Gasteiger partial charge in [0, 0.05) is 37.4 Å². The summed E-state index contributed by atoms with van der Waals surface area (Å²) in [6.07, 6.45) is 4.10. The number of aryl methyl sites for hydroxylation is 1. The first-order valence-corrected chi connectivity index (χ1v) is 11.0. The number of para-hydroxylation sites is 1. The summed E-state index contributed by atoms with van der Waals surface area (Å²) in [6, 6.07) is 13.6. The van der Waals surface area contributed by atoms with Gasteiger partial charge in [0.2, 0.25) is 0 Å². The minimum atomic E-state index is -0.248. The molecule has 1 aliphatic heterocycles. The van der Waals surface area contributed by atoms with Gasteiger partial charge in [0.05, 0.1) is 17.1 Å². The molecule has 1 atom stereocenters. The number of hydrogen-bond donors (Lipinski definition) is 3. The summed E-state index contributed by atoms with van der Waals surface area (Å²) in [6.45, 7) is 1.31. The first-order chi connectivity index (χ1) is 16.7. The Balaban J connectivity index is 1.13. The van der Waals surface area contributed by atoms with E-state index in [1.165, 1.54) is 5.56 Å². The van der Waals surface area contributed by atoms with Gasteiger partial charge in [-0.25, -0.2) is 19.4 Å². The molecule has 5 aromatic rings. The first kappa shape index (κ1) is 20.1. The molecular weight excluding hydrogens is 432 g/mol. The van der Waals surface area contributed by atoms with Gasteiger partial charge in [-0.3, -0.25) is 5.10 Å². The van der Waals surface area contributed by atoms with E-state index < -0.39 is 0 Å². The van der Waals surface area contributed by atoms with Crippen LogP contribution >= 0.6 is 0 Å². The molecule has 3 aromatic heterocycles. The van der Waals surface area contributed by atoms with Crippen molar-refractivity contribution in [3.63, 3.8) is 0 Å². The lowest BCUT2D eigenvalue weighted by atomic mass is 9.98. The van der Waals surface area contributed by atoms with Gasteiger partial charge in [0.25, 0.3) is 0 Å². The molecule has 0 bridgehead atoms. The summed E-state index contributed by atoms with van der Waals surface area (Å²) in [7, 11) is 1.83. The van der Waals surface area contributed by atoms with Gasteiger partial charge in [0.15, 0.2) is 5.65 Å². The number of nitrogens with one attached hydrogen (secondary N) is 3. The maximum Gasteiger partial charge on any atom is 0.319 e. The Morgan fingerprint density at radius 2 is 2.12 bits per heavy atom. The average molecular weight is 454 g/mol. The van der Waals surface area contributed by atoms with Gasteiger partial charge in [-0.05, 0) is 36.2 Å². The van der Waals surface area contributed by atoms with Crippen molar-refractivity contribution in [2.75, 3.05) is 23.3 Å². The fourth-order valence-electron chi connectivity index (χ4n) is 4.56. The van der Waals surface area contributed by atoms with Crippen LogP contribution in [0.2, 0.25) is 0 Å². The van der Waals surface area contributed by atoms with Gasteiger partial charge in [-0.1, -0.05) is 23.4 Å². The highest BCUT2D eigenvalue weighted by Crippen LogP contribution is 2.42. The number of amides is 2. The summed E-state index contributed by atoms with van der Waals surface area (Å²) in [5.74, 6) is 1.09. The molecular formula is C23H22N10O. The summed E-state index contributed by atoms with van der Waals surface area (Å²) >= 11 is 0. The van der Waals surface area contributed by atoms with E-state index in [4.69, 9.17) is 0 Å². The largest absolute Gasteiger partial charge is 0.338 e. The number of hydrogen-bond acceptors (Lipinski definition) is 7. The molecule has 1 aliphatic rings. The van der Waals surface area contributed by atoms with Gasteiger partial charge in [-0.2, -0.15) is 5.10 Å². The molecule has 0 radical (unpaired) electrons. The summed E-state index contributed by atoms with van der Waals surface area (Å²) in [5, 5.41) is 21.8. The molecule has 0 spiro atoms. The second-order valence-corrected chi connectivity index (χ2v) is 8.28. The topological polar surface area (TPSA) is 130 Å². The highest BCUT2D eigenvalue weighted by molar-refractivity contribution is 5.92. The Labute approximate surface area is 194 Å². The lowest BCUT2D eigenvalue weighted by Crippen LogP contribution is -2.30. The molecule has 2 aromatic carbocycles. The fourth-order valence-corrected chi connectivity index (χ4v) is 4.56. The zero-order valence-corrected chi connectivity index (χ0v) is 18.4. The maximum atomic E-state index is 12.5. The molecule has 2 amide bonds. The molecule has 6 rings (SSSR count). The second-order valence-electron chi connectivity index (χ2n) is 8.28. The highest BCUT2D eigenvalue weighted by Gasteiger charge is 2.30. The van der Waals surface area contributed by atoms with Crippen molar-refractivity contribution in [2.45, 2.75) is 12.3 Å². The van der Waals surface area contributed by atoms with Crippen LogP contribution in [0.1, 0.15) is 17.9 Å². The smallest absolute Gasteiger partial charge is 0.319 e. The summed E-state index contributed by atoms with van der Waals surface area (Å²) < 4.78 is 1.70. The molecule has 3 N–H and O–H groups in total. The first-order valence-electron chi connectivity index (χ1n) is 11.0. The van der Waals surface area contributed by atoms with Crippen LogP contribution in [0, 0.1) is 0 Å². The number of anilines is 3. The third-order valence-corrected chi connectivity index (χ3v) is 6.20. The zero-order chi connectivity index (χ0) is 23.1. The standard InChI is InChI=1S/C23H22N10O/c1-32-20-7-6-15(10-18(20)29-31-32)28-23(34)24-9-8-14-12-33(19-5-3-2-4-16(14)19)22-17-11-27-30-21(17)25-13-26-22/h2-7,10-11,13-14H,8-9,12H2,1H3,(H2,24,28,34)(H,25,26,27,30). The van der Waals surface area contributed by atoms with Crippen LogP contribution in [0.15, 0.2) is 55.0 Å². The Hall–Kier alpha value is -4.54. The van der Waals surface area contributed by atoms with E-state index >= 15 is 0 Å². The number of H-pyrrole nitrogens is 1. The fraction of sp³-hybridized carbons (Fsp3) is 0.217. The van der Waals surface area contributed by atoms with Crippen molar-refractivity contribution in [2.24, 2.45) is 7.05 Å². The van der Waals surface area contributed by atoms with Crippen molar-refractivity contribution in [3.8, 4) is 0 Å². The number of carbonyl (C=O) groups is 1. The Morgan fingerprint density at radius 3 is 3.06 bits per heavy atom. The highest BCUT2D eigenvalue weighted by atomic mass is 16.2. The van der Waals surface area contributed by atoms with Crippen molar-refractivity contribution in [1.82, 2.24) is 40.5 Å². The van der Waals surface area contributed by atoms with Crippen LogP contribution in [0.4, 0.5) is 22.0 Å². The van der Waals surface area contributed by atoms with Crippen LogP contribution in [0.5, 0.6) is 0 Å². The molecule has 11 heteroatoms. The van der Waals surface area contributed by atoms with Gasteiger partial charge >= 0.3 is 6.03 Å². The summed E-state index contributed by atoms with van der Waals surface area (Å²) in [4.78, 5) is 23.5. The lowest BCUT2D eigenvalue weighted by Gasteiger charge is -2.19. The number of rotatable bonds is 5. The number of benzene rings is 2. The van der Waals surface area contributed by atoms with Crippen LogP contribution in [-0.2, 0) is 7.05 Å². The van der Waals surface area contributed by atoms with Crippen LogP contribution in [0.25, 0.3) is 22.1 Å². The van der Waals surface area contributed by atoms with E-state index in [2.05, 4.69) is 58.1 Å². The zero-order valence-electron chi connectivity index (χ0n) is 18.4. The number of nitrogens with zero attached hydrogens (tertiary/aromatic N) is 7. The molecule has 11 nitrogen and oxygen atoms in total. The average Bonchev–Trinajstić information content (AvgIpc) is 3.57. The van der Waals surface area contributed by atoms with Crippen molar-refractivity contribution in [1.29, 1.82) is 0 Å². The van der Waals surface area contributed by atoms with Crippen molar-refractivity contribution >= 4 is 45.3 Å². The minimum absolute atomic E-state index is 0.248. The van der Waals surface area contributed by atoms with E-state index in [1.54, 1.807) is 17.2 Å². The second kappa shape index (κ2) is 8.10. The molecule has 0 saturated heterocycles. The van der Waals surface area contributed by atoms with Crippen molar-refractivity contribution < 1.29 is 4.79 Å².